The third-order valence-electron chi connectivity index (χ3n) is 2.17. The van der Waals surface area contributed by atoms with Crippen LogP contribution in [0, 0.1) is 5.92 Å². The van der Waals surface area contributed by atoms with Gasteiger partial charge in [-0.2, -0.15) is 0 Å². The van der Waals surface area contributed by atoms with Gasteiger partial charge in [0, 0.05) is 23.2 Å². The van der Waals surface area contributed by atoms with Crippen LogP contribution < -0.4 is 10.1 Å². The SMILES string of the molecule is CC(CO)CNC(=O)COc1cc(Cl)cc(Cl)c1. The minimum absolute atomic E-state index is 0.0227. The predicted molar refractivity (Wildman–Crippen MR) is 71.2 cm³/mol. The van der Waals surface area contributed by atoms with Gasteiger partial charge in [0.1, 0.15) is 5.75 Å². The molecule has 0 aliphatic carbocycles. The Morgan fingerprint density at radius 1 is 1.39 bits per heavy atom. The van der Waals surface area contributed by atoms with Crippen molar-refractivity contribution in [1.29, 1.82) is 0 Å². The van der Waals surface area contributed by atoms with E-state index in [9.17, 15) is 4.79 Å². The molecular formula is C12H15Cl2NO3. The van der Waals surface area contributed by atoms with Crippen molar-refractivity contribution in [1.82, 2.24) is 5.32 Å². The van der Waals surface area contributed by atoms with Gasteiger partial charge in [-0.15, -0.1) is 0 Å². The van der Waals surface area contributed by atoms with Crippen molar-refractivity contribution in [3.05, 3.63) is 28.2 Å². The molecule has 4 nitrogen and oxygen atoms in total. The van der Waals surface area contributed by atoms with Crippen LogP contribution in [0.1, 0.15) is 6.92 Å². The molecule has 0 heterocycles. The quantitative estimate of drug-likeness (QED) is 0.844. The van der Waals surface area contributed by atoms with Crippen molar-refractivity contribution >= 4 is 29.1 Å². The van der Waals surface area contributed by atoms with Crippen molar-refractivity contribution in [2.75, 3.05) is 19.8 Å². The first kappa shape index (κ1) is 15.1. The van der Waals surface area contributed by atoms with Gasteiger partial charge < -0.3 is 15.2 Å². The number of ether oxygens (including phenoxy) is 1. The Balaban J connectivity index is 2.38. The summed E-state index contributed by atoms with van der Waals surface area (Å²) in [6.45, 7) is 2.16. The number of hydrogen-bond acceptors (Lipinski definition) is 3. The van der Waals surface area contributed by atoms with Crippen LogP contribution in [0.4, 0.5) is 0 Å². The third kappa shape index (κ3) is 5.58. The van der Waals surface area contributed by atoms with Crippen molar-refractivity contribution in [3.8, 4) is 5.75 Å². The summed E-state index contributed by atoms with van der Waals surface area (Å²) in [6, 6.07) is 4.74. The summed E-state index contributed by atoms with van der Waals surface area (Å²) in [5.74, 6) is 0.207. The zero-order valence-corrected chi connectivity index (χ0v) is 11.5. The Bertz CT molecular complexity index is 392. The van der Waals surface area contributed by atoms with Crippen LogP contribution in [0.5, 0.6) is 5.75 Å². The van der Waals surface area contributed by atoms with E-state index >= 15 is 0 Å². The Morgan fingerprint density at radius 3 is 2.56 bits per heavy atom. The topological polar surface area (TPSA) is 58.6 Å². The molecule has 0 bridgehead atoms. The highest BCUT2D eigenvalue weighted by atomic mass is 35.5. The number of carbonyl (C=O) groups excluding carboxylic acids is 1. The number of nitrogens with one attached hydrogen (secondary N) is 1. The molecule has 0 aromatic heterocycles. The maximum absolute atomic E-state index is 11.4. The summed E-state index contributed by atoms with van der Waals surface area (Å²) >= 11 is 11.6. The van der Waals surface area contributed by atoms with Gasteiger partial charge in [0.05, 0.1) is 0 Å². The van der Waals surface area contributed by atoms with Crippen molar-refractivity contribution < 1.29 is 14.6 Å². The molecule has 6 heteroatoms. The van der Waals surface area contributed by atoms with Crippen LogP contribution in [0.2, 0.25) is 10.0 Å². The largest absolute Gasteiger partial charge is 0.484 e. The molecular weight excluding hydrogens is 277 g/mol. The molecule has 0 aliphatic heterocycles. The molecule has 0 radical (unpaired) electrons. The normalized spacial score (nSPS) is 12.0. The van der Waals surface area contributed by atoms with Crippen molar-refractivity contribution in [3.63, 3.8) is 0 Å². The van der Waals surface area contributed by atoms with E-state index in [0.29, 0.717) is 22.3 Å². The first-order valence-electron chi connectivity index (χ1n) is 5.47. The van der Waals surface area contributed by atoms with Gasteiger partial charge in [0.25, 0.3) is 5.91 Å². The number of halogens is 2. The van der Waals surface area contributed by atoms with Crippen LogP contribution >= 0.6 is 23.2 Å². The second kappa shape index (κ2) is 7.46. The van der Waals surface area contributed by atoms with Crippen LogP contribution in [-0.2, 0) is 4.79 Å². The maximum Gasteiger partial charge on any atom is 0.257 e. The average molecular weight is 292 g/mol. The number of carbonyl (C=O) groups is 1. The fraction of sp³-hybridized carbons (Fsp3) is 0.417. The Kier molecular flexibility index (Phi) is 6.25. The molecule has 1 unspecified atom stereocenters. The fourth-order valence-corrected chi connectivity index (χ4v) is 1.67. The Hall–Kier alpha value is -0.970. The Labute approximate surface area is 116 Å². The van der Waals surface area contributed by atoms with Gasteiger partial charge in [-0.1, -0.05) is 30.1 Å². The number of amides is 1. The van der Waals surface area contributed by atoms with E-state index in [1.54, 1.807) is 18.2 Å². The molecule has 18 heavy (non-hydrogen) atoms. The highest BCUT2D eigenvalue weighted by molar-refractivity contribution is 6.34. The average Bonchev–Trinajstić information content (AvgIpc) is 2.32. The highest BCUT2D eigenvalue weighted by Crippen LogP contribution is 2.23. The zero-order valence-electron chi connectivity index (χ0n) is 9.95. The second-order valence-corrected chi connectivity index (χ2v) is 4.86. The lowest BCUT2D eigenvalue weighted by molar-refractivity contribution is -0.123. The number of aliphatic hydroxyl groups is 1. The molecule has 1 atom stereocenters. The van der Waals surface area contributed by atoms with Gasteiger partial charge in [0.2, 0.25) is 0 Å². The lowest BCUT2D eigenvalue weighted by atomic mass is 10.2. The van der Waals surface area contributed by atoms with E-state index in [2.05, 4.69) is 5.32 Å². The molecule has 2 N–H and O–H groups in total. The summed E-state index contributed by atoms with van der Waals surface area (Å²) in [7, 11) is 0. The van der Waals surface area contributed by atoms with Crippen LogP contribution in [0.25, 0.3) is 0 Å². The molecule has 0 fully saturated rings. The number of aliphatic hydroxyl groups excluding tert-OH is 1. The first-order chi connectivity index (χ1) is 8.51. The summed E-state index contributed by atoms with van der Waals surface area (Å²) < 4.78 is 5.25. The Morgan fingerprint density at radius 2 is 2.00 bits per heavy atom. The number of rotatable bonds is 6. The minimum atomic E-state index is -0.258. The molecule has 0 saturated carbocycles. The minimum Gasteiger partial charge on any atom is -0.484 e. The zero-order chi connectivity index (χ0) is 13.5. The van der Waals surface area contributed by atoms with Gasteiger partial charge in [-0.25, -0.2) is 0 Å². The third-order valence-corrected chi connectivity index (χ3v) is 2.60. The van der Waals surface area contributed by atoms with E-state index in [0.717, 1.165) is 0 Å². The van der Waals surface area contributed by atoms with E-state index in [4.69, 9.17) is 33.0 Å². The summed E-state index contributed by atoms with van der Waals surface area (Å²) in [5.41, 5.74) is 0. The predicted octanol–water partition coefficient (Wildman–Crippen LogP) is 2.12. The van der Waals surface area contributed by atoms with E-state index in [-0.39, 0.29) is 25.0 Å². The molecule has 1 rings (SSSR count). The summed E-state index contributed by atoms with van der Waals surface area (Å²) in [6.07, 6.45) is 0. The lowest BCUT2D eigenvalue weighted by Gasteiger charge is -2.10. The molecule has 1 amide bonds. The van der Waals surface area contributed by atoms with E-state index in [1.165, 1.54) is 0 Å². The van der Waals surface area contributed by atoms with E-state index in [1.807, 2.05) is 6.92 Å². The van der Waals surface area contributed by atoms with Crippen LogP contribution in [0.15, 0.2) is 18.2 Å². The second-order valence-electron chi connectivity index (χ2n) is 3.99. The summed E-state index contributed by atoms with van der Waals surface area (Å²) in [5, 5.41) is 12.3. The van der Waals surface area contributed by atoms with Gasteiger partial charge in [-0.3, -0.25) is 4.79 Å². The van der Waals surface area contributed by atoms with Gasteiger partial charge >= 0.3 is 0 Å². The monoisotopic (exact) mass is 291 g/mol. The van der Waals surface area contributed by atoms with Crippen molar-refractivity contribution in [2.45, 2.75) is 6.92 Å². The first-order valence-corrected chi connectivity index (χ1v) is 6.23. The smallest absolute Gasteiger partial charge is 0.257 e. The molecule has 0 saturated heterocycles. The highest BCUT2D eigenvalue weighted by Gasteiger charge is 2.06. The van der Waals surface area contributed by atoms with Gasteiger partial charge in [0.15, 0.2) is 6.61 Å². The van der Waals surface area contributed by atoms with Crippen LogP contribution in [0.3, 0.4) is 0 Å². The molecule has 100 valence electrons. The maximum atomic E-state index is 11.4. The van der Waals surface area contributed by atoms with Crippen LogP contribution in [-0.4, -0.2) is 30.8 Å². The van der Waals surface area contributed by atoms with Gasteiger partial charge in [-0.05, 0) is 24.1 Å². The molecule has 1 aromatic carbocycles. The number of benzene rings is 1. The summed E-state index contributed by atoms with van der Waals surface area (Å²) in [4.78, 5) is 11.4. The number of hydrogen-bond donors (Lipinski definition) is 2. The standard InChI is InChI=1S/C12H15Cl2NO3/c1-8(6-16)5-15-12(17)7-18-11-3-9(13)2-10(14)4-11/h2-4,8,16H,5-7H2,1H3,(H,15,17). The fourth-order valence-electron chi connectivity index (χ4n) is 1.16. The molecule has 1 aromatic rings. The lowest BCUT2D eigenvalue weighted by Crippen LogP contribution is -2.33. The molecule has 0 aliphatic rings. The van der Waals surface area contributed by atoms with E-state index < -0.39 is 0 Å². The molecule has 0 spiro atoms. The van der Waals surface area contributed by atoms with Crippen molar-refractivity contribution in [2.24, 2.45) is 5.92 Å².